The Kier molecular flexibility index (Phi) is 7.50. The van der Waals surface area contributed by atoms with E-state index in [1.807, 2.05) is 49.3 Å². The minimum Gasteiger partial charge on any atom is -0.350 e. The van der Waals surface area contributed by atoms with Gasteiger partial charge in [0.1, 0.15) is 5.82 Å². The van der Waals surface area contributed by atoms with E-state index in [1.165, 1.54) is 30.3 Å². The standard InChI is InChI=1S/C23H23ClFN3O3S/c1-28(2)22(16-6-4-3-5-7-16)15-26-23(29)20-14-19(12-13-21(20)24)32(30,31)27-18-10-8-17(25)9-11-18/h3-14,22,27H,15H2,1-2H3,(H,26,29). The molecule has 1 amide bonds. The molecular weight excluding hydrogens is 453 g/mol. The van der Waals surface area contributed by atoms with Crippen LogP contribution in [-0.4, -0.2) is 39.9 Å². The molecule has 0 radical (unpaired) electrons. The van der Waals surface area contributed by atoms with Gasteiger partial charge in [0.05, 0.1) is 21.5 Å². The Balaban J connectivity index is 1.78. The van der Waals surface area contributed by atoms with Gasteiger partial charge in [-0.15, -0.1) is 0 Å². The average molecular weight is 476 g/mol. The first-order valence-electron chi connectivity index (χ1n) is 9.75. The smallest absolute Gasteiger partial charge is 0.261 e. The van der Waals surface area contributed by atoms with Crippen LogP contribution in [0.25, 0.3) is 0 Å². The minimum absolute atomic E-state index is 0.0409. The monoisotopic (exact) mass is 475 g/mol. The molecule has 32 heavy (non-hydrogen) atoms. The summed E-state index contributed by atoms with van der Waals surface area (Å²) in [5.74, 6) is -0.971. The van der Waals surface area contributed by atoms with E-state index in [0.717, 1.165) is 17.7 Å². The zero-order chi connectivity index (χ0) is 23.3. The second-order valence-electron chi connectivity index (χ2n) is 7.35. The molecule has 0 aliphatic heterocycles. The molecule has 168 valence electrons. The quantitative estimate of drug-likeness (QED) is 0.508. The number of hydrogen-bond acceptors (Lipinski definition) is 4. The van der Waals surface area contributed by atoms with Crippen LogP contribution < -0.4 is 10.0 Å². The van der Waals surface area contributed by atoms with Gasteiger partial charge in [0, 0.05) is 12.2 Å². The van der Waals surface area contributed by atoms with Gasteiger partial charge >= 0.3 is 0 Å². The molecule has 0 heterocycles. The topological polar surface area (TPSA) is 78.5 Å². The number of sulfonamides is 1. The van der Waals surface area contributed by atoms with E-state index in [2.05, 4.69) is 10.0 Å². The summed E-state index contributed by atoms with van der Waals surface area (Å²) in [4.78, 5) is 14.7. The average Bonchev–Trinajstić information content (AvgIpc) is 2.76. The van der Waals surface area contributed by atoms with Gasteiger partial charge < -0.3 is 10.2 Å². The van der Waals surface area contributed by atoms with Crippen molar-refractivity contribution in [2.75, 3.05) is 25.4 Å². The Morgan fingerprint density at radius 1 is 1.03 bits per heavy atom. The molecule has 2 N–H and O–H groups in total. The van der Waals surface area contributed by atoms with Crippen LogP contribution in [0.4, 0.5) is 10.1 Å². The predicted molar refractivity (Wildman–Crippen MR) is 124 cm³/mol. The molecule has 1 unspecified atom stereocenters. The third-order valence-electron chi connectivity index (χ3n) is 4.85. The molecule has 0 saturated heterocycles. The van der Waals surface area contributed by atoms with Gasteiger partial charge in [-0.1, -0.05) is 41.9 Å². The maximum atomic E-state index is 13.1. The number of hydrogen-bond donors (Lipinski definition) is 2. The normalized spacial score (nSPS) is 12.4. The summed E-state index contributed by atoms with van der Waals surface area (Å²) in [6.45, 7) is 0.303. The van der Waals surface area contributed by atoms with E-state index in [4.69, 9.17) is 11.6 Å². The molecular formula is C23H23ClFN3O3S. The Morgan fingerprint density at radius 3 is 2.31 bits per heavy atom. The lowest BCUT2D eigenvalue weighted by atomic mass is 10.1. The number of rotatable bonds is 8. The first-order chi connectivity index (χ1) is 15.2. The summed E-state index contributed by atoms with van der Waals surface area (Å²) in [7, 11) is -0.190. The Bertz CT molecular complexity index is 1190. The van der Waals surface area contributed by atoms with Gasteiger partial charge in [0.2, 0.25) is 0 Å². The second-order valence-corrected chi connectivity index (χ2v) is 9.44. The van der Waals surface area contributed by atoms with Crippen molar-refractivity contribution in [1.82, 2.24) is 10.2 Å². The summed E-state index contributed by atoms with van der Waals surface area (Å²) in [5.41, 5.74) is 1.27. The van der Waals surface area contributed by atoms with E-state index >= 15 is 0 Å². The summed E-state index contributed by atoms with van der Waals surface area (Å²) < 4.78 is 40.9. The zero-order valence-electron chi connectivity index (χ0n) is 17.5. The summed E-state index contributed by atoms with van der Waals surface area (Å²) >= 11 is 6.19. The van der Waals surface area contributed by atoms with Gasteiger partial charge in [0.15, 0.2) is 0 Å². The lowest BCUT2D eigenvalue weighted by Gasteiger charge is -2.25. The fourth-order valence-corrected chi connectivity index (χ4v) is 4.42. The van der Waals surface area contributed by atoms with Crippen molar-refractivity contribution in [3.63, 3.8) is 0 Å². The zero-order valence-corrected chi connectivity index (χ0v) is 19.1. The number of halogens is 2. The molecule has 0 saturated carbocycles. The minimum atomic E-state index is -4.01. The lowest BCUT2D eigenvalue weighted by molar-refractivity contribution is 0.0942. The fraction of sp³-hybridized carbons (Fsp3) is 0.174. The Hall–Kier alpha value is -2.94. The molecule has 0 spiro atoms. The molecule has 1 atom stereocenters. The van der Waals surface area contributed by atoms with Crippen LogP contribution in [0, 0.1) is 5.82 Å². The highest BCUT2D eigenvalue weighted by molar-refractivity contribution is 7.92. The summed E-state index contributed by atoms with van der Waals surface area (Å²) in [6, 6.07) is 18.4. The van der Waals surface area contributed by atoms with Crippen molar-refractivity contribution in [3.8, 4) is 0 Å². The third kappa shape index (κ3) is 5.85. The van der Waals surface area contributed by atoms with Gasteiger partial charge in [-0.05, 0) is 62.1 Å². The molecule has 9 heteroatoms. The fourth-order valence-electron chi connectivity index (χ4n) is 3.14. The van der Waals surface area contributed by atoms with Crippen molar-refractivity contribution >= 4 is 33.2 Å². The molecule has 0 aromatic heterocycles. The highest BCUT2D eigenvalue weighted by Gasteiger charge is 2.21. The van der Waals surface area contributed by atoms with Crippen LogP contribution in [0.3, 0.4) is 0 Å². The largest absolute Gasteiger partial charge is 0.350 e. The van der Waals surface area contributed by atoms with Crippen LogP contribution in [0.5, 0.6) is 0 Å². The molecule has 0 bridgehead atoms. The maximum absolute atomic E-state index is 13.1. The first-order valence-corrected chi connectivity index (χ1v) is 11.6. The van der Waals surface area contributed by atoms with E-state index in [0.29, 0.717) is 6.54 Å². The van der Waals surface area contributed by atoms with Gasteiger partial charge in [-0.3, -0.25) is 9.52 Å². The SMILES string of the molecule is CN(C)C(CNC(=O)c1cc(S(=O)(=O)Nc2ccc(F)cc2)ccc1Cl)c1ccccc1. The maximum Gasteiger partial charge on any atom is 0.261 e. The van der Waals surface area contributed by atoms with Crippen LogP contribution in [0.2, 0.25) is 5.02 Å². The van der Waals surface area contributed by atoms with Crippen LogP contribution in [-0.2, 0) is 10.0 Å². The molecule has 0 aliphatic rings. The molecule has 0 fully saturated rings. The molecule has 6 nitrogen and oxygen atoms in total. The van der Waals surface area contributed by atoms with Crippen molar-refractivity contribution in [2.45, 2.75) is 10.9 Å². The Morgan fingerprint density at radius 2 is 1.69 bits per heavy atom. The molecule has 0 aliphatic carbocycles. The van der Waals surface area contributed by atoms with Crippen molar-refractivity contribution < 1.29 is 17.6 Å². The Labute approximate surface area is 192 Å². The van der Waals surface area contributed by atoms with Gasteiger partial charge in [-0.25, -0.2) is 12.8 Å². The number of nitrogens with one attached hydrogen (secondary N) is 2. The first kappa shape index (κ1) is 23.7. The predicted octanol–water partition coefficient (Wildman–Crippen LogP) is 4.31. The van der Waals surface area contributed by atoms with Crippen LogP contribution in [0.1, 0.15) is 22.0 Å². The van der Waals surface area contributed by atoms with Crippen LogP contribution in [0.15, 0.2) is 77.7 Å². The molecule has 3 aromatic rings. The van der Waals surface area contributed by atoms with Crippen molar-refractivity contribution in [1.29, 1.82) is 0 Å². The summed E-state index contributed by atoms with van der Waals surface area (Å²) in [5, 5.41) is 2.96. The number of likely N-dealkylation sites (N-methyl/N-ethyl adjacent to an activating group) is 1. The number of anilines is 1. The number of benzene rings is 3. The highest BCUT2D eigenvalue weighted by atomic mass is 35.5. The van der Waals surface area contributed by atoms with E-state index in [1.54, 1.807) is 0 Å². The molecule has 3 aromatic carbocycles. The van der Waals surface area contributed by atoms with Gasteiger partial charge in [-0.2, -0.15) is 0 Å². The highest BCUT2D eigenvalue weighted by Crippen LogP contribution is 2.23. The van der Waals surface area contributed by atoms with Gasteiger partial charge in [0.25, 0.3) is 15.9 Å². The van der Waals surface area contributed by atoms with E-state index in [9.17, 15) is 17.6 Å². The van der Waals surface area contributed by atoms with Crippen LogP contribution >= 0.6 is 11.6 Å². The molecule has 3 rings (SSSR count). The second kappa shape index (κ2) is 10.1. The summed E-state index contributed by atoms with van der Waals surface area (Å²) in [6.07, 6.45) is 0. The van der Waals surface area contributed by atoms with E-state index in [-0.39, 0.29) is 27.2 Å². The van der Waals surface area contributed by atoms with E-state index < -0.39 is 21.7 Å². The lowest BCUT2D eigenvalue weighted by Crippen LogP contribution is -2.34. The number of carbonyl (C=O) groups is 1. The van der Waals surface area contributed by atoms with Crippen molar-refractivity contribution in [2.24, 2.45) is 0 Å². The van der Waals surface area contributed by atoms with Crippen molar-refractivity contribution in [3.05, 3.63) is 94.8 Å². The number of amides is 1. The number of nitrogens with zero attached hydrogens (tertiary/aromatic N) is 1. The number of carbonyl (C=O) groups excluding carboxylic acids is 1. The third-order valence-corrected chi connectivity index (χ3v) is 6.56.